The molecule has 5 rings (SSSR count). The normalized spacial score (nSPS) is 15.9. The summed E-state index contributed by atoms with van der Waals surface area (Å²) in [5, 5.41) is 0.420. The Morgan fingerprint density at radius 1 is 1.07 bits per heavy atom. The van der Waals surface area contributed by atoms with Crippen molar-refractivity contribution in [2.24, 2.45) is 0 Å². The van der Waals surface area contributed by atoms with Gasteiger partial charge in [0.25, 0.3) is 5.91 Å². The smallest absolute Gasteiger partial charge is 0.291 e. The number of nitrogens with zero attached hydrogens (tertiary/aromatic N) is 1. The second kappa shape index (κ2) is 6.44. The van der Waals surface area contributed by atoms with Crippen molar-refractivity contribution in [3.05, 3.63) is 105 Å². The summed E-state index contributed by atoms with van der Waals surface area (Å²) in [7, 11) is 0. The molecule has 2 aromatic carbocycles. The lowest BCUT2D eigenvalue weighted by Gasteiger charge is -2.24. The molecule has 5 nitrogen and oxygen atoms in total. The number of amides is 1. The highest BCUT2D eigenvalue weighted by Crippen LogP contribution is 2.39. The van der Waals surface area contributed by atoms with E-state index in [4.69, 9.17) is 8.83 Å². The molecule has 4 aromatic rings. The van der Waals surface area contributed by atoms with E-state index in [1.165, 1.54) is 23.3 Å². The molecule has 0 bridgehead atoms. The van der Waals surface area contributed by atoms with Crippen LogP contribution in [0.4, 0.5) is 4.39 Å². The minimum Gasteiger partial charge on any atom is -0.467 e. The highest BCUT2D eigenvalue weighted by atomic mass is 19.1. The Labute approximate surface area is 165 Å². The number of halogens is 1. The standard InChI is InChI=1S/C23H16FNO4/c1-13-4-9-18-17(11-13)21(26)19-20(14-5-7-15(24)8-6-14)25(23(27)22(19)29-18)12-16-3-2-10-28-16/h2-11,20H,12H2,1H3. The van der Waals surface area contributed by atoms with E-state index >= 15 is 0 Å². The zero-order chi connectivity index (χ0) is 20.1. The molecular formula is C23H16FNO4. The number of carbonyl (C=O) groups excluding carboxylic acids is 1. The van der Waals surface area contributed by atoms with Gasteiger partial charge in [0.05, 0.1) is 29.8 Å². The molecule has 0 fully saturated rings. The van der Waals surface area contributed by atoms with Crippen LogP contribution in [0.3, 0.4) is 0 Å². The predicted molar refractivity (Wildman–Crippen MR) is 104 cm³/mol. The summed E-state index contributed by atoms with van der Waals surface area (Å²) in [6.07, 6.45) is 1.52. The third-order valence-corrected chi connectivity index (χ3v) is 5.21. The average molecular weight is 389 g/mol. The van der Waals surface area contributed by atoms with Gasteiger partial charge in [-0.1, -0.05) is 23.8 Å². The summed E-state index contributed by atoms with van der Waals surface area (Å²) < 4.78 is 24.8. The van der Waals surface area contributed by atoms with E-state index in [2.05, 4.69) is 0 Å². The Hall–Kier alpha value is -3.67. The van der Waals surface area contributed by atoms with Crippen molar-refractivity contribution >= 4 is 16.9 Å². The van der Waals surface area contributed by atoms with Crippen LogP contribution in [-0.2, 0) is 6.54 Å². The monoisotopic (exact) mass is 389 g/mol. The fraction of sp³-hybridized carbons (Fsp3) is 0.130. The highest BCUT2D eigenvalue weighted by Gasteiger charge is 2.43. The maximum Gasteiger partial charge on any atom is 0.291 e. The minimum atomic E-state index is -0.690. The summed E-state index contributed by atoms with van der Waals surface area (Å²) in [5.41, 5.74) is 1.93. The molecule has 2 aromatic heterocycles. The van der Waals surface area contributed by atoms with Crippen molar-refractivity contribution in [1.29, 1.82) is 0 Å². The van der Waals surface area contributed by atoms with Crippen LogP contribution in [0.15, 0.2) is 74.5 Å². The summed E-state index contributed by atoms with van der Waals surface area (Å²) in [6.45, 7) is 2.05. The Morgan fingerprint density at radius 3 is 2.59 bits per heavy atom. The third-order valence-electron chi connectivity index (χ3n) is 5.21. The number of hydrogen-bond donors (Lipinski definition) is 0. The molecule has 29 heavy (non-hydrogen) atoms. The van der Waals surface area contributed by atoms with Crippen LogP contribution < -0.4 is 5.43 Å². The van der Waals surface area contributed by atoms with Gasteiger partial charge in [0.1, 0.15) is 17.2 Å². The Balaban J connectivity index is 1.75. The van der Waals surface area contributed by atoms with E-state index in [1.54, 1.807) is 36.4 Å². The summed E-state index contributed by atoms with van der Waals surface area (Å²) >= 11 is 0. The molecule has 0 saturated carbocycles. The van der Waals surface area contributed by atoms with Gasteiger partial charge in [-0.15, -0.1) is 0 Å². The minimum absolute atomic E-state index is 0.0206. The van der Waals surface area contributed by atoms with Gasteiger partial charge in [-0.25, -0.2) is 4.39 Å². The molecule has 1 aliphatic rings. The molecule has 0 spiro atoms. The molecule has 3 heterocycles. The Morgan fingerprint density at radius 2 is 1.86 bits per heavy atom. The molecule has 0 N–H and O–H groups in total. The molecule has 6 heteroatoms. The van der Waals surface area contributed by atoms with Crippen molar-refractivity contribution in [2.45, 2.75) is 19.5 Å². The van der Waals surface area contributed by atoms with Crippen molar-refractivity contribution < 1.29 is 18.0 Å². The van der Waals surface area contributed by atoms with Gasteiger partial charge < -0.3 is 13.7 Å². The zero-order valence-corrected chi connectivity index (χ0v) is 15.5. The number of fused-ring (bicyclic) bond motifs is 2. The molecule has 144 valence electrons. The van der Waals surface area contributed by atoms with Gasteiger partial charge in [0.2, 0.25) is 5.76 Å². The number of rotatable bonds is 3. The lowest BCUT2D eigenvalue weighted by Crippen LogP contribution is -2.29. The van der Waals surface area contributed by atoms with Gasteiger partial charge in [0, 0.05) is 0 Å². The van der Waals surface area contributed by atoms with Crippen LogP contribution in [0.1, 0.15) is 39.0 Å². The lowest BCUT2D eigenvalue weighted by molar-refractivity contribution is 0.0701. The number of hydrogen-bond acceptors (Lipinski definition) is 4. The van der Waals surface area contributed by atoms with Gasteiger partial charge in [-0.05, 0) is 48.9 Å². The average Bonchev–Trinajstić information content (AvgIpc) is 3.32. The third kappa shape index (κ3) is 2.76. The quantitative estimate of drug-likeness (QED) is 0.515. The van der Waals surface area contributed by atoms with Crippen LogP contribution in [0.2, 0.25) is 0 Å². The number of aryl methyl sites for hydroxylation is 1. The maximum atomic E-state index is 13.5. The lowest BCUT2D eigenvalue weighted by atomic mass is 9.98. The predicted octanol–water partition coefficient (Wildman–Crippen LogP) is 4.58. The van der Waals surface area contributed by atoms with Crippen LogP contribution in [0.25, 0.3) is 11.0 Å². The first-order valence-corrected chi connectivity index (χ1v) is 9.19. The van der Waals surface area contributed by atoms with E-state index in [1.807, 2.05) is 13.0 Å². The Bertz CT molecular complexity index is 1290. The molecule has 1 unspecified atom stereocenters. The highest BCUT2D eigenvalue weighted by molar-refractivity contribution is 5.99. The van der Waals surface area contributed by atoms with Crippen molar-refractivity contribution in [3.8, 4) is 0 Å². The number of furan rings is 1. The summed E-state index contributed by atoms with van der Waals surface area (Å²) in [6, 6.07) is 13.9. The topological polar surface area (TPSA) is 63.7 Å². The molecule has 1 amide bonds. The van der Waals surface area contributed by atoms with E-state index in [0.29, 0.717) is 22.3 Å². The number of benzene rings is 2. The van der Waals surface area contributed by atoms with Crippen LogP contribution in [0, 0.1) is 12.7 Å². The summed E-state index contributed by atoms with van der Waals surface area (Å²) in [5.74, 6) is -0.194. The molecule has 1 aliphatic heterocycles. The first kappa shape index (κ1) is 17.4. The van der Waals surface area contributed by atoms with Gasteiger partial charge in [-0.3, -0.25) is 9.59 Å². The SMILES string of the molecule is Cc1ccc2oc3c(c(=O)c2c1)C(c1ccc(F)cc1)N(Cc1ccco1)C3=O. The second-order valence-electron chi connectivity index (χ2n) is 7.14. The summed E-state index contributed by atoms with van der Waals surface area (Å²) in [4.78, 5) is 28.1. The first-order chi connectivity index (χ1) is 14.0. The molecule has 0 radical (unpaired) electrons. The fourth-order valence-electron chi connectivity index (χ4n) is 3.86. The van der Waals surface area contributed by atoms with E-state index in [0.717, 1.165) is 5.56 Å². The van der Waals surface area contributed by atoms with E-state index in [9.17, 15) is 14.0 Å². The van der Waals surface area contributed by atoms with Crippen LogP contribution in [-0.4, -0.2) is 10.8 Å². The molecule has 1 atom stereocenters. The van der Waals surface area contributed by atoms with E-state index < -0.39 is 17.8 Å². The van der Waals surface area contributed by atoms with Gasteiger partial charge in [-0.2, -0.15) is 0 Å². The van der Waals surface area contributed by atoms with Gasteiger partial charge >= 0.3 is 0 Å². The first-order valence-electron chi connectivity index (χ1n) is 9.19. The largest absolute Gasteiger partial charge is 0.467 e. The van der Waals surface area contributed by atoms with Gasteiger partial charge in [0.15, 0.2) is 5.43 Å². The van der Waals surface area contributed by atoms with Crippen molar-refractivity contribution in [1.82, 2.24) is 4.90 Å². The molecule has 0 saturated heterocycles. The van der Waals surface area contributed by atoms with Crippen molar-refractivity contribution in [2.75, 3.05) is 0 Å². The fourth-order valence-corrected chi connectivity index (χ4v) is 3.86. The van der Waals surface area contributed by atoms with E-state index in [-0.39, 0.29) is 23.3 Å². The van der Waals surface area contributed by atoms with Crippen LogP contribution in [0.5, 0.6) is 0 Å². The maximum absolute atomic E-state index is 13.5. The molecular weight excluding hydrogens is 373 g/mol. The molecule has 0 aliphatic carbocycles. The number of carbonyl (C=O) groups is 1. The zero-order valence-electron chi connectivity index (χ0n) is 15.5. The Kier molecular flexibility index (Phi) is 3.87. The van der Waals surface area contributed by atoms with Crippen LogP contribution >= 0.6 is 0 Å². The second-order valence-corrected chi connectivity index (χ2v) is 7.14. The van der Waals surface area contributed by atoms with Crippen molar-refractivity contribution in [3.63, 3.8) is 0 Å².